The molecule has 2 N–H and O–H groups in total. The van der Waals surface area contributed by atoms with Gasteiger partial charge in [-0.3, -0.25) is 9.78 Å². The van der Waals surface area contributed by atoms with Crippen molar-refractivity contribution in [2.24, 2.45) is 0 Å². The van der Waals surface area contributed by atoms with Gasteiger partial charge in [-0.25, -0.2) is 4.79 Å². The van der Waals surface area contributed by atoms with Crippen LogP contribution in [0.25, 0.3) is 10.8 Å². The molecule has 11 heteroatoms. The number of piperidine rings is 1. The smallest absolute Gasteiger partial charge is 0.490 e. The maximum atomic E-state index is 12.6. The van der Waals surface area contributed by atoms with Crippen molar-refractivity contribution in [3.05, 3.63) is 71.0 Å². The Labute approximate surface area is 207 Å². The average molecular weight is 555 g/mol. The van der Waals surface area contributed by atoms with Crippen LogP contribution in [0.5, 0.6) is 5.75 Å². The summed E-state index contributed by atoms with van der Waals surface area (Å²) in [6.45, 7) is 1.16. The van der Waals surface area contributed by atoms with Gasteiger partial charge in [-0.05, 0) is 47.3 Å². The Morgan fingerprint density at radius 3 is 2.29 bits per heavy atom. The van der Waals surface area contributed by atoms with Crippen LogP contribution in [0.15, 0.2) is 65.4 Å². The van der Waals surface area contributed by atoms with Crippen molar-refractivity contribution in [2.45, 2.75) is 31.2 Å². The molecule has 1 aromatic heterocycles. The third kappa shape index (κ3) is 7.40. The van der Waals surface area contributed by atoms with Crippen LogP contribution >= 0.6 is 15.9 Å². The van der Waals surface area contributed by atoms with Crippen LogP contribution in [0.2, 0.25) is 0 Å². The average Bonchev–Trinajstić information content (AvgIpc) is 2.84. The van der Waals surface area contributed by atoms with E-state index in [9.17, 15) is 23.1 Å². The van der Waals surface area contributed by atoms with Crippen molar-refractivity contribution in [1.82, 2.24) is 9.88 Å². The van der Waals surface area contributed by atoms with Crippen molar-refractivity contribution in [2.75, 3.05) is 13.1 Å². The number of aliphatic hydroxyl groups excluding tert-OH is 1. The zero-order valence-corrected chi connectivity index (χ0v) is 19.9. The lowest BCUT2D eigenvalue weighted by Gasteiger charge is -2.33. The summed E-state index contributed by atoms with van der Waals surface area (Å²) in [5.74, 6) is -2.18. The van der Waals surface area contributed by atoms with Crippen molar-refractivity contribution in [3.8, 4) is 5.75 Å². The molecule has 0 bridgehead atoms. The molecule has 1 atom stereocenters. The van der Waals surface area contributed by atoms with Crippen molar-refractivity contribution >= 4 is 38.6 Å². The molecule has 0 radical (unpaired) electrons. The van der Waals surface area contributed by atoms with Crippen molar-refractivity contribution in [3.63, 3.8) is 0 Å². The number of rotatable bonds is 4. The molecule has 2 aromatic carbocycles. The first-order valence-electron chi connectivity index (χ1n) is 10.6. The largest absolute Gasteiger partial charge is 0.490 e. The van der Waals surface area contributed by atoms with Gasteiger partial charge in [0.15, 0.2) is 6.10 Å². The minimum Gasteiger partial charge on any atom is -0.490 e. The zero-order valence-electron chi connectivity index (χ0n) is 18.3. The number of fused-ring (bicyclic) bond motifs is 1. The molecule has 4 rings (SSSR count). The van der Waals surface area contributed by atoms with Crippen LogP contribution in [0.4, 0.5) is 13.2 Å². The number of hydrogen-bond acceptors (Lipinski definition) is 5. The van der Waals surface area contributed by atoms with Gasteiger partial charge in [0.05, 0.1) is 0 Å². The Morgan fingerprint density at radius 2 is 1.69 bits per heavy atom. The van der Waals surface area contributed by atoms with Crippen LogP contribution in [0, 0.1) is 0 Å². The Bertz CT molecular complexity index is 1170. The zero-order chi connectivity index (χ0) is 25.6. The normalized spacial score (nSPS) is 15.2. The fourth-order valence-electron chi connectivity index (χ4n) is 3.48. The number of pyridine rings is 1. The van der Waals surface area contributed by atoms with Gasteiger partial charge in [-0.15, -0.1) is 0 Å². The van der Waals surface area contributed by atoms with E-state index in [1.807, 2.05) is 42.6 Å². The van der Waals surface area contributed by atoms with Crippen molar-refractivity contribution < 1.29 is 37.7 Å². The van der Waals surface area contributed by atoms with Crippen LogP contribution in [-0.2, 0) is 9.59 Å². The second-order valence-electron chi connectivity index (χ2n) is 7.78. The summed E-state index contributed by atoms with van der Waals surface area (Å²) in [4.78, 5) is 27.4. The first kappa shape index (κ1) is 26.4. The molecule has 1 unspecified atom stereocenters. The highest BCUT2D eigenvalue weighted by atomic mass is 79.9. The van der Waals surface area contributed by atoms with Gasteiger partial charge in [-0.1, -0.05) is 28.1 Å². The van der Waals surface area contributed by atoms with Crippen molar-refractivity contribution in [1.29, 1.82) is 0 Å². The fourth-order valence-corrected chi connectivity index (χ4v) is 3.75. The number of carbonyl (C=O) groups excluding carboxylic acids is 1. The molecular formula is C24H22BrF3N2O5. The monoisotopic (exact) mass is 554 g/mol. The number of benzene rings is 2. The number of ether oxygens (including phenoxy) is 1. The Balaban J connectivity index is 0.000000429. The van der Waals surface area contributed by atoms with Crippen LogP contribution in [0.1, 0.15) is 24.5 Å². The molecule has 3 aromatic rings. The van der Waals surface area contributed by atoms with E-state index >= 15 is 0 Å². The molecule has 1 amide bonds. The summed E-state index contributed by atoms with van der Waals surface area (Å²) >= 11 is 3.36. The molecule has 0 saturated carbocycles. The van der Waals surface area contributed by atoms with Gasteiger partial charge in [0.2, 0.25) is 0 Å². The van der Waals surface area contributed by atoms with Gasteiger partial charge in [0.1, 0.15) is 11.9 Å². The minimum atomic E-state index is -5.08. The number of aliphatic carboxylic acids is 1. The number of aliphatic hydroxyl groups is 1. The minimum absolute atomic E-state index is 0.0631. The fraction of sp³-hybridized carbons (Fsp3) is 0.292. The summed E-state index contributed by atoms with van der Waals surface area (Å²) in [6, 6.07) is 15.1. The molecule has 35 heavy (non-hydrogen) atoms. The predicted octanol–water partition coefficient (Wildman–Crippen LogP) is 4.73. The van der Waals surface area contributed by atoms with Crippen LogP contribution in [0.3, 0.4) is 0 Å². The van der Waals surface area contributed by atoms with E-state index in [4.69, 9.17) is 14.6 Å². The number of halogens is 4. The molecule has 1 saturated heterocycles. The molecular weight excluding hydrogens is 533 g/mol. The Morgan fingerprint density at radius 1 is 1.06 bits per heavy atom. The SMILES string of the molecule is O=C(C(O)c1ccc(Br)cc1)N1CCC(Oc2ccc3cnccc3c2)CC1.O=C(O)C(F)(F)F. The third-order valence-corrected chi connectivity index (χ3v) is 5.86. The van der Waals surface area contributed by atoms with E-state index in [-0.39, 0.29) is 12.0 Å². The Kier molecular flexibility index (Phi) is 8.68. The van der Waals surface area contributed by atoms with E-state index in [1.165, 1.54) is 0 Å². The highest BCUT2D eigenvalue weighted by Crippen LogP contribution is 2.25. The number of carboxylic acid groups (broad SMARTS) is 1. The van der Waals surface area contributed by atoms with Gasteiger partial charge in [-0.2, -0.15) is 13.2 Å². The van der Waals surface area contributed by atoms with Gasteiger partial charge < -0.3 is 19.8 Å². The maximum absolute atomic E-state index is 12.6. The number of aromatic nitrogens is 1. The van der Waals surface area contributed by atoms with Crippen LogP contribution in [-0.4, -0.2) is 57.3 Å². The number of hydrogen-bond donors (Lipinski definition) is 2. The molecule has 186 valence electrons. The molecule has 1 aliphatic rings. The molecule has 1 fully saturated rings. The first-order chi connectivity index (χ1) is 16.5. The Hall–Kier alpha value is -3.18. The molecule has 0 spiro atoms. The quantitative estimate of drug-likeness (QED) is 0.483. The van der Waals surface area contributed by atoms with Gasteiger partial charge >= 0.3 is 12.1 Å². The number of likely N-dealkylation sites (tertiary alicyclic amines) is 1. The molecule has 7 nitrogen and oxygen atoms in total. The number of alkyl halides is 3. The maximum Gasteiger partial charge on any atom is 0.490 e. The highest BCUT2D eigenvalue weighted by molar-refractivity contribution is 9.10. The van der Waals surface area contributed by atoms with Gasteiger partial charge in [0.25, 0.3) is 5.91 Å². The predicted molar refractivity (Wildman–Crippen MR) is 125 cm³/mol. The third-order valence-electron chi connectivity index (χ3n) is 5.33. The lowest BCUT2D eigenvalue weighted by Crippen LogP contribution is -2.43. The number of carboxylic acids is 1. The summed E-state index contributed by atoms with van der Waals surface area (Å²) < 4.78 is 38.8. The number of nitrogens with zero attached hydrogens (tertiary/aromatic N) is 2. The van der Waals surface area contributed by atoms with E-state index in [0.29, 0.717) is 18.7 Å². The van der Waals surface area contributed by atoms with E-state index < -0.39 is 18.2 Å². The lowest BCUT2D eigenvalue weighted by molar-refractivity contribution is -0.192. The topological polar surface area (TPSA) is 100.0 Å². The molecule has 0 aliphatic carbocycles. The summed E-state index contributed by atoms with van der Waals surface area (Å²) in [7, 11) is 0. The first-order valence-corrected chi connectivity index (χ1v) is 11.4. The summed E-state index contributed by atoms with van der Waals surface area (Å²) in [5.41, 5.74) is 0.609. The second kappa shape index (κ2) is 11.5. The number of amides is 1. The summed E-state index contributed by atoms with van der Waals surface area (Å²) in [6.07, 6.45) is -1.05. The van der Waals surface area contributed by atoms with Gasteiger partial charge in [0, 0.05) is 48.2 Å². The number of carbonyl (C=O) groups is 2. The lowest BCUT2D eigenvalue weighted by atomic mass is 10.0. The van der Waals surface area contributed by atoms with Crippen LogP contribution < -0.4 is 4.74 Å². The second-order valence-corrected chi connectivity index (χ2v) is 8.70. The standard InChI is InChI=1S/C22H21BrN2O3.C2HF3O2/c23-18-4-1-15(2-5-18)21(26)22(27)25-11-8-19(9-12-25)28-20-6-3-17-14-24-10-7-16(17)13-20;3-2(4,5)1(6)7/h1-7,10,13-14,19,21,26H,8-9,11-12H2;(H,6,7). The van der Waals surface area contributed by atoms with E-state index in [1.54, 1.807) is 23.2 Å². The molecule has 1 aliphatic heterocycles. The summed E-state index contributed by atoms with van der Waals surface area (Å²) in [5, 5.41) is 19.7. The van der Waals surface area contributed by atoms with E-state index in [2.05, 4.69) is 20.9 Å². The molecule has 2 heterocycles. The highest BCUT2D eigenvalue weighted by Gasteiger charge is 2.38. The van der Waals surface area contributed by atoms with E-state index in [0.717, 1.165) is 33.8 Å².